The SMILES string of the molecule is CC(C#N)CSc1ccccc1NC(=O)c1cccc(-n2[nH]c(=O)ccc2=O)c1. The van der Waals surface area contributed by atoms with Crippen molar-refractivity contribution in [3.8, 4) is 11.8 Å². The molecule has 29 heavy (non-hydrogen) atoms. The Morgan fingerprint density at radius 1 is 1.17 bits per heavy atom. The standard InChI is InChI=1S/C21H18N4O3S/c1-14(12-22)13-29-18-8-3-2-7-17(18)23-21(28)15-5-4-6-16(11-15)25-20(27)10-9-19(26)24-25/h2-11,14H,13H2,1H3,(H,23,28)(H,24,26). The molecular formula is C21H18N4O3S. The summed E-state index contributed by atoms with van der Waals surface area (Å²) in [5, 5.41) is 14.3. The molecule has 1 amide bonds. The summed E-state index contributed by atoms with van der Waals surface area (Å²) in [4.78, 5) is 37.2. The summed E-state index contributed by atoms with van der Waals surface area (Å²) in [6.07, 6.45) is 0. The van der Waals surface area contributed by atoms with E-state index in [0.717, 1.165) is 15.6 Å². The molecule has 0 radical (unpaired) electrons. The van der Waals surface area contributed by atoms with Crippen molar-refractivity contribution >= 4 is 23.4 Å². The van der Waals surface area contributed by atoms with Gasteiger partial charge < -0.3 is 5.32 Å². The van der Waals surface area contributed by atoms with E-state index >= 15 is 0 Å². The van der Waals surface area contributed by atoms with Crippen LogP contribution >= 0.6 is 11.8 Å². The molecule has 0 fully saturated rings. The van der Waals surface area contributed by atoms with Gasteiger partial charge in [0.25, 0.3) is 17.0 Å². The molecule has 0 aliphatic heterocycles. The van der Waals surface area contributed by atoms with Crippen molar-refractivity contribution in [2.45, 2.75) is 11.8 Å². The van der Waals surface area contributed by atoms with Gasteiger partial charge in [0.1, 0.15) is 0 Å². The number of thioether (sulfide) groups is 1. The number of rotatable bonds is 6. The molecule has 1 aromatic heterocycles. The van der Waals surface area contributed by atoms with Crippen LogP contribution in [0.3, 0.4) is 0 Å². The van der Waals surface area contributed by atoms with Gasteiger partial charge in [-0.25, -0.2) is 4.68 Å². The fourth-order valence-corrected chi connectivity index (χ4v) is 3.50. The number of carbonyl (C=O) groups is 1. The normalized spacial score (nSPS) is 11.4. The molecule has 3 rings (SSSR count). The van der Waals surface area contributed by atoms with Gasteiger partial charge in [0.15, 0.2) is 0 Å². The number of aromatic nitrogens is 2. The number of carbonyl (C=O) groups excluding carboxylic acids is 1. The van der Waals surface area contributed by atoms with Gasteiger partial charge in [-0.3, -0.25) is 19.5 Å². The van der Waals surface area contributed by atoms with E-state index in [-0.39, 0.29) is 11.8 Å². The van der Waals surface area contributed by atoms with Crippen LogP contribution in [-0.4, -0.2) is 21.4 Å². The highest BCUT2D eigenvalue weighted by atomic mass is 32.2. The van der Waals surface area contributed by atoms with Gasteiger partial charge in [0.05, 0.1) is 23.4 Å². The predicted octanol–water partition coefficient (Wildman–Crippen LogP) is 3.03. The third-order valence-electron chi connectivity index (χ3n) is 4.03. The van der Waals surface area contributed by atoms with Crippen molar-refractivity contribution < 1.29 is 4.79 Å². The van der Waals surface area contributed by atoms with E-state index in [1.807, 2.05) is 25.1 Å². The number of H-pyrrole nitrogens is 1. The lowest BCUT2D eigenvalue weighted by atomic mass is 10.2. The summed E-state index contributed by atoms with van der Waals surface area (Å²) in [5.41, 5.74) is 0.533. The summed E-state index contributed by atoms with van der Waals surface area (Å²) in [7, 11) is 0. The third-order valence-corrected chi connectivity index (χ3v) is 5.36. The molecule has 0 saturated heterocycles. The van der Waals surface area contributed by atoms with E-state index in [2.05, 4.69) is 16.5 Å². The van der Waals surface area contributed by atoms with Gasteiger partial charge in [-0.15, -0.1) is 11.8 Å². The first-order chi connectivity index (χ1) is 14.0. The smallest absolute Gasteiger partial charge is 0.269 e. The molecule has 0 bridgehead atoms. The van der Waals surface area contributed by atoms with E-state index in [1.165, 1.54) is 23.9 Å². The molecule has 0 saturated carbocycles. The van der Waals surface area contributed by atoms with Crippen LogP contribution in [0.5, 0.6) is 0 Å². The largest absolute Gasteiger partial charge is 0.321 e. The van der Waals surface area contributed by atoms with Gasteiger partial charge in [-0.2, -0.15) is 5.26 Å². The van der Waals surface area contributed by atoms with Crippen LogP contribution in [0.15, 0.2) is 75.1 Å². The predicted molar refractivity (Wildman–Crippen MR) is 113 cm³/mol. The van der Waals surface area contributed by atoms with Gasteiger partial charge in [-0.1, -0.05) is 18.2 Å². The molecule has 1 heterocycles. The van der Waals surface area contributed by atoms with Crippen molar-refractivity contribution in [1.82, 2.24) is 9.78 Å². The minimum absolute atomic E-state index is 0.105. The van der Waals surface area contributed by atoms with Crippen molar-refractivity contribution in [1.29, 1.82) is 5.26 Å². The minimum atomic E-state index is -0.419. The van der Waals surface area contributed by atoms with E-state index in [1.54, 1.807) is 24.3 Å². The van der Waals surface area contributed by atoms with Crippen LogP contribution < -0.4 is 16.4 Å². The molecule has 146 valence electrons. The third kappa shape index (κ3) is 5.03. The van der Waals surface area contributed by atoms with Crippen LogP contribution in [-0.2, 0) is 0 Å². The van der Waals surface area contributed by atoms with Crippen molar-refractivity contribution in [2.75, 3.05) is 11.1 Å². The average Bonchev–Trinajstić information content (AvgIpc) is 2.74. The highest BCUT2D eigenvalue weighted by Gasteiger charge is 2.12. The lowest BCUT2D eigenvalue weighted by Crippen LogP contribution is -2.26. The Morgan fingerprint density at radius 3 is 2.76 bits per heavy atom. The van der Waals surface area contributed by atoms with E-state index < -0.39 is 11.1 Å². The Hall–Kier alpha value is -3.57. The number of amides is 1. The minimum Gasteiger partial charge on any atom is -0.321 e. The molecule has 7 nitrogen and oxygen atoms in total. The molecule has 0 spiro atoms. The van der Waals surface area contributed by atoms with Crippen LogP contribution in [0.4, 0.5) is 5.69 Å². The fourth-order valence-electron chi connectivity index (χ4n) is 2.54. The Morgan fingerprint density at radius 2 is 1.97 bits per heavy atom. The zero-order valence-corrected chi connectivity index (χ0v) is 16.4. The van der Waals surface area contributed by atoms with E-state index in [4.69, 9.17) is 5.26 Å². The second-order valence-electron chi connectivity index (χ2n) is 6.32. The van der Waals surface area contributed by atoms with Crippen LogP contribution in [0.25, 0.3) is 5.69 Å². The summed E-state index contributed by atoms with van der Waals surface area (Å²) in [6, 6.07) is 18.3. The lowest BCUT2D eigenvalue weighted by Gasteiger charge is -2.12. The zero-order valence-electron chi connectivity index (χ0n) is 15.6. The highest BCUT2D eigenvalue weighted by Crippen LogP contribution is 2.28. The van der Waals surface area contributed by atoms with Crippen LogP contribution in [0.2, 0.25) is 0 Å². The van der Waals surface area contributed by atoms with Gasteiger partial charge >= 0.3 is 0 Å². The number of hydrogen-bond donors (Lipinski definition) is 2. The van der Waals surface area contributed by atoms with Crippen LogP contribution in [0, 0.1) is 17.2 Å². The maximum atomic E-state index is 12.8. The second kappa shape index (κ2) is 9.08. The molecule has 2 N–H and O–H groups in total. The molecule has 1 atom stereocenters. The number of nitriles is 1. The Kier molecular flexibility index (Phi) is 6.32. The topological polar surface area (TPSA) is 108 Å². The Bertz CT molecular complexity index is 1190. The van der Waals surface area contributed by atoms with Crippen molar-refractivity contribution in [2.24, 2.45) is 5.92 Å². The number of hydrogen-bond acceptors (Lipinski definition) is 5. The molecule has 0 aliphatic rings. The maximum absolute atomic E-state index is 12.8. The zero-order chi connectivity index (χ0) is 20.8. The van der Waals surface area contributed by atoms with E-state index in [0.29, 0.717) is 22.7 Å². The first-order valence-electron chi connectivity index (χ1n) is 8.83. The number of nitrogens with one attached hydrogen (secondary N) is 2. The van der Waals surface area contributed by atoms with Gasteiger partial charge in [0, 0.05) is 28.3 Å². The molecule has 2 aromatic carbocycles. The Labute approximate surface area is 171 Å². The van der Waals surface area contributed by atoms with Gasteiger partial charge in [0.2, 0.25) is 0 Å². The summed E-state index contributed by atoms with van der Waals surface area (Å²) < 4.78 is 1.09. The number of nitrogens with zero attached hydrogens (tertiary/aromatic N) is 2. The van der Waals surface area contributed by atoms with Crippen molar-refractivity contribution in [3.05, 3.63) is 86.9 Å². The first kappa shape index (κ1) is 20.2. The summed E-state index contributed by atoms with van der Waals surface area (Å²) >= 11 is 1.50. The quantitative estimate of drug-likeness (QED) is 0.612. The van der Waals surface area contributed by atoms with Crippen LogP contribution in [0.1, 0.15) is 17.3 Å². The number of para-hydroxylation sites is 1. The molecule has 0 aliphatic carbocycles. The molecule has 1 unspecified atom stereocenters. The van der Waals surface area contributed by atoms with Crippen molar-refractivity contribution in [3.63, 3.8) is 0 Å². The lowest BCUT2D eigenvalue weighted by molar-refractivity contribution is 0.102. The molecule has 3 aromatic rings. The Balaban J connectivity index is 1.84. The first-order valence-corrected chi connectivity index (χ1v) is 9.82. The monoisotopic (exact) mass is 406 g/mol. The maximum Gasteiger partial charge on any atom is 0.269 e. The number of anilines is 1. The average molecular weight is 406 g/mol. The van der Waals surface area contributed by atoms with Gasteiger partial charge in [-0.05, 0) is 37.3 Å². The van der Waals surface area contributed by atoms with E-state index in [9.17, 15) is 14.4 Å². The fraction of sp³-hybridized carbons (Fsp3) is 0.143. The molecule has 8 heteroatoms. The number of aromatic amines is 1. The number of benzene rings is 2. The summed E-state index contributed by atoms with van der Waals surface area (Å²) in [5.74, 6) is 0.162. The summed E-state index contributed by atoms with van der Waals surface area (Å²) in [6.45, 7) is 1.84. The second-order valence-corrected chi connectivity index (χ2v) is 7.39. The highest BCUT2D eigenvalue weighted by molar-refractivity contribution is 7.99. The molecular weight excluding hydrogens is 388 g/mol.